The second kappa shape index (κ2) is 8.75. The zero-order valence-corrected chi connectivity index (χ0v) is 9.92. The fourth-order valence-electron chi connectivity index (χ4n) is 0.683. The van der Waals surface area contributed by atoms with Crippen molar-refractivity contribution in [2.24, 2.45) is 0 Å². The predicted octanol–water partition coefficient (Wildman–Crippen LogP) is 0.223. The van der Waals surface area contributed by atoms with Gasteiger partial charge in [0.05, 0.1) is 11.4 Å². The maximum atomic E-state index is 8.56. The van der Waals surface area contributed by atoms with Gasteiger partial charge in [-0.05, 0) is 0 Å². The third-order valence-electron chi connectivity index (χ3n) is 1.37. The minimum Gasteiger partial charge on any atom is -0.750 e. The van der Waals surface area contributed by atoms with Crippen LogP contribution in [-0.2, 0) is 24.6 Å². The Bertz CT molecular complexity index is 117. The van der Waals surface area contributed by atoms with Crippen molar-refractivity contribution in [1.29, 1.82) is 0 Å². The molecule has 1 unspecified atom stereocenters. The third kappa shape index (κ3) is 8.50. The summed E-state index contributed by atoms with van der Waals surface area (Å²) in [6, 6.07) is 0.816. The van der Waals surface area contributed by atoms with E-state index in [1.165, 1.54) is 0 Å². The Labute approximate surface area is 81.7 Å². The largest absolute Gasteiger partial charge is 0.750 e. The lowest BCUT2D eigenvalue weighted by atomic mass is 11.0. The Hall–Kier alpha value is 0.167. The molecule has 0 aromatic rings. The van der Waals surface area contributed by atoms with E-state index < -0.39 is 20.2 Å². The molecular formula is C5H15O6SSi-. The van der Waals surface area contributed by atoms with Crippen molar-refractivity contribution in [3.05, 3.63) is 0 Å². The van der Waals surface area contributed by atoms with Crippen molar-refractivity contribution in [1.82, 2.24) is 0 Å². The second-order valence-electron chi connectivity index (χ2n) is 1.87. The van der Waals surface area contributed by atoms with E-state index in [0.29, 0.717) is 0 Å². The molecule has 82 valence electrons. The molecule has 1 atom stereocenters. The summed E-state index contributed by atoms with van der Waals surface area (Å²) in [6.45, 7) is 1.99. The number of rotatable bonds is 4. The first kappa shape index (κ1) is 15.6. The average molecular weight is 231 g/mol. The van der Waals surface area contributed by atoms with Crippen molar-refractivity contribution in [2.45, 2.75) is 13.0 Å². The summed E-state index contributed by atoms with van der Waals surface area (Å²) in [7, 11) is 2.65. The van der Waals surface area contributed by atoms with Crippen LogP contribution >= 0.6 is 0 Å². The van der Waals surface area contributed by atoms with Crippen molar-refractivity contribution >= 4 is 20.2 Å². The molecule has 0 rings (SSSR count). The third-order valence-corrected chi connectivity index (χ3v) is 4.10. The summed E-state index contributed by atoms with van der Waals surface area (Å²) in [5.41, 5.74) is 0. The Kier molecular flexibility index (Phi) is 10.5. The summed E-state index contributed by atoms with van der Waals surface area (Å²) >= 11 is -2.86. The molecule has 0 heterocycles. The SMILES string of the molecule is CC[Si](OC)(OC)OC.O=S([O-])O. The molecule has 0 fully saturated rings. The highest BCUT2D eigenvalue weighted by Gasteiger charge is 2.34. The van der Waals surface area contributed by atoms with Crippen LogP contribution in [0, 0.1) is 0 Å². The summed E-state index contributed by atoms with van der Waals surface area (Å²) in [6.07, 6.45) is 0. The van der Waals surface area contributed by atoms with E-state index in [2.05, 4.69) is 0 Å². The first-order valence-corrected chi connectivity index (χ1v) is 6.38. The summed E-state index contributed by atoms with van der Waals surface area (Å²) < 4.78 is 39.3. The predicted molar refractivity (Wildman–Crippen MR) is 48.8 cm³/mol. The topological polar surface area (TPSA) is 88.1 Å². The van der Waals surface area contributed by atoms with E-state index in [1.807, 2.05) is 6.92 Å². The van der Waals surface area contributed by atoms with Crippen molar-refractivity contribution in [2.75, 3.05) is 21.3 Å². The monoisotopic (exact) mass is 231 g/mol. The van der Waals surface area contributed by atoms with E-state index in [1.54, 1.807) is 21.3 Å². The molecule has 0 aromatic carbocycles. The number of hydrogen-bond acceptors (Lipinski definition) is 5. The van der Waals surface area contributed by atoms with Gasteiger partial charge in [0.1, 0.15) is 0 Å². The summed E-state index contributed by atoms with van der Waals surface area (Å²) in [4.78, 5) is 0. The van der Waals surface area contributed by atoms with Gasteiger partial charge in [0, 0.05) is 27.4 Å². The fourth-order valence-corrected chi connectivity index (χ4v) is 2.05. The van der Waals surface area contributed by atoms with Gasteiger partial charge in [0.25, 0.3) is 0 Å². The van der Waals surface area contributed by atoms with Crippen LogP contribution < -0.4 is 0 Å². The molecule has 0 radical (unpaired) electrons. The van der Waals surface area contributed by atoms with Gasteiger partial charge in [-0.3, -0.25) is 0 Å². The maximum absolute atomic E-state index is 8.56. The smallest absolute Gasteiger partial charge is 0.499 e. The van der Waals surface area contributed by atoms with Gasteiger partial charge < -0.3 is 22.4 Å². The van der Waals surface area contributed by atoms with Crippen molar-refractivity contribution in [3.63, 3.8) is 0 Å². The molecule has 0 amide bonds. The molecule has 0 saturated heterocycles. The molecule has 1 N–H and O–H groups in total. The molecule has 0 aromatic heterocycles. The zero-order valence-electron chi connectivity index (χ0n) is 8.10. The van der Waals surface area contributed by atoms with Crippen LogP contribution in [0.15, 0.2) is 0 Å². The average Bonchev–Trinajstić information content (AvgIpc) is 2.09. The standard InChI is InChI=1S/C5H14O3Si.H2O3S/c1-5-9(6-2,7-3)8-4;1-4(2)3/h5H2,1-4H3;(H2,1,2,3)/p-1. The van der Waals surface area contributed by atoms with E-state index in [9.17, 15) is 0 Å². The Morgan fingerprint density at radius 3 is 1.54 bits per heavy atom. The van der Waals surface area contributed by atoms with Crippen LogP contribution in [0.25, 0.3) is 0 Å². The maximum Gasteiger partial charge on any atom is 0.499 e. The molecular weight excluding hydrogens is 216 g/mol. The molecule has 13 heavy (non-hydrogen) atoms. The van der Waals surface area contributed by atoms with Gasteiger partial charge in [-0.2, -0.15) is 0 Å². The van der Waals surface area contributed by atoms with Gasteiger partial charge in [-0.15, -0.1) is 0 Å². The van der Waals surface area contributed by atoms with Crippen LogP contribution in [-0.4, -0.2) is 43.4 Å². The fraction of sp³-hybridized carbons (Fsp3) is 1.00. The molecule has 0 bridgehead atoms. The summed E-state index contributed by atoms with van der Waals surface area (Å²) in [5, 5.41) is 0. The first-order chi connectivity index (χ1) is 5.97. The molecule has 6 nitrogen and oxygen atoms in total. The zero-order chi connectivity index (χ0) is 10.9. The van der Waals surface area contributed by atoms with Gasteiger partial charge in [0.15, 0.2) is 0 Å². The Morgan fingerprint density at radius 1 is 1.31 bits per heavy atom. The molecule has 0 aliphatic rings. The first-order valence-electron chi connectivity index (χ1n) is 3.41. The van der Waals surface area contributed by atoms with Gasteiger partial charge in [0.2, 0.25) is 0 Å². The van der Waals surface area contributed by atoms with E-state index in [-0.39, 0.29) is 0 Å². The van der Waals surface area contributed by atoms with Crippen LogP contribution in [0.3, 0.4) is 0 Å². The van der Waals surface area contributed by atoms with E-state index >= 15 is 0 Å². The molecule has 0 saturated carbocycles. The Balaban J connectivity index is 0. The van der Waals surface area contributed by atoms with Crippen LogP contribution in [0.4, 0.5) is 0 Å². The minimum atomic E-state index is -2.86. The normalized spacial score (nSPS) is 13.1. The lowest BCUT2D eigenvalue weighted by Crippen LogP contribution is -2.41. The summed E-state index contributed by atoms with van der Waals surface area (Å²) in [5.74, 6) is 0. The Morgan fingerprint density at radius 2 is 1.54 bits per heavy atom. The van der Waals surface area contributed by atoms with Crippen LogP contribution in [0.5, 0.6) is 0 Å². The molecule has 0 aliphatic heterocycles. The van der Waals surface area contributed by atoms with Crippen molar-refractivity contribution < 1.29 is 26.6 Å². The van der Waals surface area contributed by atoms with Gasteiger partial charge in [-0.25, -0.2) is 4.21 Å². The van der Waals surface area contributed by atoms with Crippen LogP contribution in [0.1, 0.15) is 6.92 Å². The number of hydrogen-bond donors (Lipinski definition) is 1. The van der Waals surface area contributed by atoms with Crippen molar-refractivity contribution in [3.8, 4) is 0 Å². The highest BCUT2D eigenvalue weighted by atomic mass is 32.2. The second-order valence-corrected chi connectivity index (χ2v) is 5.60. The lowest BCUT2D eigenvalue weighted by Gasteiger charge is -2.22. The highest BCUT2D eigenvalue weighted by Crippen LogP contribution is 2.10. The quantitative estimate of drug-likeness (QED) is 0.550. The minimum absolute atomic E-state index is 0.816. The van der Waals surface area contributed by atoms with E-state index in [0.717, 1.165) is 6.04 Å². The van der Waals surface area contributed by atoms with Gasteiger partial charge in [-0.1, -0.05) is 6.92 Å². The highest BCUT2D eigenvalue weighted by molar-refractivity contribution is 7.73. The molecule has 0 spiro atoms. The van der Waals surface area contributed by atoms with E-state index in [4.69, 9.17) is 26.6 Å². The molecule has 8 heteroatoms. The van der Waals surface area contributed by atoms with Crippen LogP contribution in [0.2, 0.25) is 6.04 Å². The van der Waals surface area contributed by atoms with Gasteiger partial charge >= 0.3 is 8.80 Å². The lowest BCUT2D eigenvalue weighted by molar-refractivity contribution is 0.125. The molecule has 0 aliphatic carbocycles.